The summed E-state index contributed by atoms with van der Waals surface area (Å²) in [6.45, 7) is -4.30. The molecule has 0 saturated carbocycles. The van der Waals surface area contributed by atoms with Crippen LogP contribution in [-0.2, 0) is 91.7 Å². The van der Waals surface area contributed by atoms with E-state index < -0.39 is 126 Å². The fraction of sp³-hybridized carbons (Fsp3) is 1.00. The summed E-state index contributed by atoms with van der Waals surface area (Å²) < 4.78 is 190. The van der Waals surface area contributed by atoms with Gasteiger partial charge in [0.1, 0.15) is 30.5 Å². The van der Waals surface area contributed by atoms with Crippen molar-refractivity contribution in [1.82, 2.24) is 0 Å². The third kappa shape index (κ3) is 11.8. The average Bonchev–Trinajstić information content (AvgIpc) is 3.10. The summed E-state index contributed by atoms with van der Waals surface area (Å²) in [5.74, 6) is 0. The fourth-order valence-electron chi connectivity index (χ4n) is 3.65. The molecule has 0 radical (unpaired) electrons. The van der Waals surface area contributed by atoms with Crippen molar-refractivity contribution in [3.05, 3.63) is 0 Å². The van der Waals surface area contributed by atoms with Gasteiger partial charge < -0.3 is 29.2 Å². The van der Waals surface area contributed by atoms with Gasteiger partial charge in [0.05, 0.1) is 13.2 Å². The van der Waals surface area contributed by atoms with Gasteiger partial charge in [0.2, 0.25) is 0 Å². The lowest BCUT2D eigenvalue weighted by Crippen LogP contribution is -2.65. The molecule has 0 bridgehead atoms. The van der Waals surface area contributed by atoms with E-state index >= 15 is 0 Å². The van der Waals surface area contributed by atoms with Gasteiger partial charge in [0.15, 0.2) is 23.9 Å². The summed E-state index contributed by atoms with van der Waals surface area (Å²) in [5, 5.41) is 27.6. The summed E-state index contributed by atoms with van der Waals surface area (Å²) >= 11 is 0. The summed E-state index contributed by atoms with van der Waals surface area (Å²) in [6.07, 6.45) is -19.8. The van der Waals surface area contributed by atoms with Crippen molar-refractivity contribution in [2.75, 3.05) is 20.0 Å². The van der Waals surface area contributed by atoms with Gasteiger partial charge in [-0.1, -0.05) is 0 Å². The molecule has 0 aromatic heterocycles. The lowest BCUT2D eigenvalue weighted by atomic mass is 10.1. The van der Waals surface area contributed by atoms with E-state index in [9.17, 15) is 56.9 Å². The standard InChI is InChI=1S/C12H21O26S5/c13-3-30-11-9(37-43(27,28)29)8(36-42(24,25)26)10(39(16,17)38-15)12(35-11)34-7-5(2-32-41(21,22)23)33-4(6(7)14)1-31-40(18,19)20/h4-12,14-15H,1-3H2,(H,18,19,20)(H,21,22,23)(H,24,25,26)(H,27,28,29)/q-1. The Morgan fingerprint density at radius 2 is 1.14 bits per heavy atom. The maximum absolute atomic E-state index is 12.6. The minimum Gasteiger partial charge on any atom is -0.834 e. The van der Waals surface area contributed by atoms with Crippen LogP contribution in [0.2, 0.25) is 0 Å². The zero-order valence-electron chi connectivity index (χ0n) is 20.2. The Hall–Kier alpha value is -0.890. The minimum absolute atomic E-state index is 1.25. The van der Waals surface area contributed by atoms with E-state index in [2.05, 4.69) is 25.8 Å². The van der Waals surface area contributed by atoms with Crippen LogP contribution in [-0.4, -0.2) is 145 Å². The molecule has 9 atom stereocenters. The van der Waals surface area contributed by atoms with Gasteiger partial charge in [-0.3, -0.25) is 18.2 Å². The monoisotopic (exact) mass is 741 g/mol. The van der Waals surface area contributed by atoms with Crippen molar-refractivity contribution in [2.45, 2.75) is 54.5 Å². The van der Waals surface area contributed by atoms with Gasteiger partial charge in [-0.15, -0.1) is 4.33 Å². The van der Waals surface area contributed by atoms with Crippen LogP contribution < -0.4 is 5.11 Å². The average molecular weight is 742 g/mol. The second kappa shape index (κ2) is 14.3. The zero-order chi connectivity index (χ0) is 33.2. The molecule has 9 unspecified atom stereocenters. The molecule has 31 heteroatoms. The summed E-state index contributed by atoms with van der Waals surface area (Å²) in [5.41, 5.74) is 0. The Balaban J connectivity index is 2.63. The van der Waals surface area contributed by atoms with Crippen molar-refractivity contribution < 1.29 is 116 Å². The van der Waals surface area contributed by atoms with Crippen LogP contribution >= 0.6 is 0 Å². The second-order valence-corrected chi connectivity index (χ2v) is 13.9. The molecule has 0 spiro atoms. The molecule has 0 amide bonds. The van der Waals surface area contributed by atoms with E-state index in [4.69, 9.17) is 33.1 Å². The quantitative estimate of drug-likeness (QED) is 0.0371. The molecule has 43 heavy (non-hydrogen) atoms. The minimum atomic E-state index is -5.87. The molecule has 0 aromatic rings. The van der Waals surface area contributed by atoms with Gasteiger partial charge in [0, 0.05) is 0 Å². The third-order valence-corrected chi connectivity index (χ3v) is 8.24. The highest BCUT2D eigenvalue weighted by Crippen LogP contribution is 2.36. The van der Waals surface area contributed by atoms with E-state index in [-0.39, 0.29) is 0 Å². The van der Waals surface area contributed by atoms with E-state index in [1.165, 1.54) is 0 Å². The molecular formula is C12H21O26S5-. The Bertz CT molecular complexity index is 1480. The predicted molar refractivity (Wildman–Crippen MR) is 118 cm³/mol. The topological polar surface area (TPSA) is 398 Å². The molecule has 2 fully saturated rings. The largest absolute Gasteiger partial charge is 0.834 e. The van der Waals surface area contributed by atoms with E-state index in [1.807, 2.05) is 0 Å². The van der Waals surface area contributed by atoms with Crippen LogP contribution in [0.25, 0.3) is 0 Å². The summed E-state index contributed by atoms with van der Waals surface area (Å²) in [4.78, 5) is 0. The molecule has 2 aliphatic rings. The van der Waals surface area contributed by atoms with Crippen molar-refractivity contribution in [2.24, 2.45) is 0 Å². The SMILES string of the molecule is O=S(=O)(O)OCC1OC(COS(=O)(=O)O)C(OC2OC(OC[O-])C(OS(=O)(=O)O)C(OS(=O)(=O)O)C2S(=O)(=O)OO)C1O. The number of aliphatic hydroxyl groups excluding tert-OH is 1. The molecule has 2 aliphatic heterocycles. The normalized spacial score (nSPS) is 33.0. The maximum atomic E-state index is 12.6. The molecule has 26 nitrogen and oxygen atoms in total. The first-order chi connectivity index (χ1) is 19.4. The summed E-state index contributed by atoms with van der Waals surface area (Å²) in [7, 11) is -27.9. The molecular weight excluding hydrogens is 720 g/mol. The first-order valence-corrected chi connectivity index (χ1v) is 17.3. The van der Waals surface area contributed by atoms with Crippen molar-refractivity contribution >= 4 is 51.7 Å². The second-order valence-electron chi connectivity index (χ2n) is 7.90. The van der Waals surface area contributed by atoms with E-state index in [0.29, 0.717) is 0 Å². The summed E-state index contributed by atoms with van der Waals surface area (Å²) in [6, 6.07) is 0. The fourth-order valence-corrected chi connectivity index (χ4v) is 6.36. The molecule has 2 rings (SSSR count). The molecule has 2 saturated heterocycles. The lowest BCUT2D eigenvalue weighted by molar-refractivity contribution is -0.464. The predicted octanol–water partition coefficient (Wildman–Crippen LogP) is -6.28. The Labute approximate surface area is 241 Å². The van der Waals surface area contributed by atoms with Crippen molar-refractivity contribution in [3.63, 3.8) is 0 Å². The van der Waals surface area contributed by atoms with Crippen LogP contribution in [0.3, 0.4) is 0 Å². The first-order valence-electron chi connectivity index (χ1n) is 10.3. The zero-order valence-corrected chi connectivity index (χ0v) is 24.3. The van der Waals surface area contributed by atoms with Crippen LogP contribution in [0.1, 0.15) is 0 Å². The molecule has 256 valence electrons. The van der Waals surface area contributed by atoms with Gasteiger partial charge in [-0.05, 0) is 6.79 Å². The van der Waals surface area contributed by atoms with Crippen LogP contribution in [0.5, 0.6) is 0 Å². The van der Waals surface area contributed by atoms with Crippen molar-refractivity contribution in [1.29, 1.82) is 0 Å². The number of aliphatic hydroxyl groups is 1. The van der Waals surface area contributed by atoms with Crippen LogP contribution in [0, 0.1) is 0 Å². The van der Waals surface area contributed by atoms with Crippen LogP contribution in [0.4, 0.5) is 0 Å². The molecule has 2 heterocycles. The Kier molecular flexibility index (Phi) is 12.7. The van der Waals surface area contributed by atoms with Gasteiger partial charge in [-0.2, -0.15) is 42.1 Å². The number of ether oxygens (including phenoxy) is 4. The highest BCUT2D eigenvalue weighted by atomic mass is 32.3. The van der Waals surface area contributed by atoms with Crippen molar-refractivity contribution in [3.8, 4) is 0 Å². The first kappa shape index (κ1) is 38.3. The van der Waals surface area contributed by atoms with Gasteiger partial charge in [0.25, 0.3) is 0 Å². The van der Waals surface area contributed by atoms with Gasteiger partial charge in [-0.25, -0.2) is 22.0 Å². The number of rotatable bonds is 16. The third-order valence-electron chi connectivity index (χ3n) is 5.07. The van der Waals surface area contributed by atoms with E-state index in [1.54, 1.807) is 0 Å². The molecule has 0 aliphatic carbocycles. The number of hydrogen-bond donors (Lipinski definition) is 6. The smallest absolute Gasteiger partial charge is 0.397 e. The highest BCUT2D eigenvalue weighted by molar-refractivity contribution is 7.87. The Morgan fingerprint density at radius 1 is 0.651 bits per heavy atom. The lowest BCUT2D eigenvalue weighted by Gasteiger charge is -2.44. The van der Waals surface area contributed by atoms with Gasteiger partial charge >= 0.3 is 51.7 Å². The Morgan fingerprint density at radius 3 is 1.58 bits per heavy atom. The highest BCUT2D eigenvalue weighted by Gasteiger charge is 2.60. The maximum Gasteiger partial charge on any atom is 0.397 e. The molecule has 6 N–H and O–H groups in total. The molecule has 0 aromatic carbocycles. The van der Waals surface area contributed by atoms with E-state index in [0.717, 1.165) is 0 Å². The van der Waals surface area contributed by atoms with Crippen LogP contribution in [0.15, 0.2) is 0 Å². The number of hydrogen-bond acceptors (Lipinski definition) is 22.